The second-order valence-corrected chi connectivity index (χ2v) is 10.3. The molecule has 0 bridgehead atoms. The summed E-state index contributed by atoms with van der Waals surface area (Å²) in [4.78, 5) is 21.9. The highest BCUT2D eigenvalue weighted by Gasteiger charge is 2.47. The minimum Gasteiger partial charge on any atom is -0.353 e. The van der Waals surface area contributed by atoms with Crippen LogP contribution in [0.2, 0.25) is 10.0 Å². The number of amides is 1. The Labute approximate surface area is 188 Å². The molecule has 1 aromatic rings. The molecule has 5 unspecified atom stereocenters. The normalized spacial score (nSPS) is 34.8. The number of piperazine rings is 1. The van der Waals surface area contributed by atoms with Crippen LogP contribution in [0.5, 0.6) is 0 Å². The first-order valence-corrected chi connectivity index (χ1v) is 12.2. The molecule has 30 heavy (non-hydrogen) atoms. The standard InChI is InChI=1S/C22H31Cl2N5O/c23-15-11-18(24)21(26-12-15)29-8-6-28(7-9-29)13-14-3-4-16-19(10-14)27-22(30)17-2-1-5-25-20(16)17/h11-12,14,16-17,19-20,25H,1-10,13H2,(H,27,30). The second-order valence-electron chi connectivity index (χ2n) is 9.43. The van der Waals surface area contributed by atoms with E-state index in [9.17, 15) is 4.79 Å². The predicted molar refractivity (Wildman–Crippen MR) is 120 cm³/mol. The van der Waals surface area contributed by atoms with Gasteiger partial charge in [0, 0.05) is 51.0 Å². The minimum atomic E-state index is 0.193. The number of aromatic nitrogens is 1. The van der Waals surface area contributed by atoms with Gasteiger partial charge in [-0.15, -0.1) is 0 Å². The Bertz CT molecular complexity index is 785. The van der Waals surface area contributed by atoms with Crippen LogP contribution < -0.4 is 15.5 Å². The summed E-state index contributed by atoms with van der Waals surface area (Å²) in [6, 6.07) is 2.51. The van der Waals surface area contributed by atoms with Crippen molar-refractivity contribution < 1.29 is 4.79 Å². The van der Waals surface area contributed by atoms with Crippen molar-refractivity contribution in [3.05, 3.63) is 22.3 Å². The van der Waals surface area contributed by atoms with Crippen LogP contribution in [-0.4, -0.2) is 67.1 Å². The van der Waals surface area contributed by atoms with Gasteiger partial charge in [-0.2, -0.15) is 0 Å². The summed E-state index contributed by atoms with van der Waals surface area (Å²) >= 11 is 12.3. The number of fused-ring (bicyclic) bond motifs is 3. The van der Waals surface area contributed by atoms with Crippen LogP contribution in [0.1, 0.15) is 32.1 Å². The molecule has 1 amide bonds. The van der Waals surface area contributed by atoms with Gasteiger partial charge < -0.3 is 15.5 Å². The highest BCUT2D eigenvalue weighted by atomic mass is 35.5. The molecule has 1 aromatic heterocycles. The average Bonchev–Trinajstić information content (AvgIpc) is 2.75. The minimum absolute atomic E-state index is 0.193. The molecule has 4 fully saturated rings. The van der Waals surface area contributed by atoms with E-state index in [1.165, 1.54) is 12.8 Å². The molecule has 8 heteroatoms. The largest absolute Gasteiger partial charge is 0.353 e. The van der Waals surface area contributed by atoms with Gasteiger partial charge in [0.25, 0.3) is 0 Å². The van der Waals surface area contributed by atoms with Crippen molar-refractivity contribution in [2.75, 3.05) is 44.2 Å². The number of carbonyl (C=O) groups is 1. The van der Waals surface area contributed by atoms with Crippen molar-refractivity contribution >= 4 is 34.9 Å². The van der Waals surface area contributed by atoms with Gasteiger partial charge in [0.2, 0.25) is 5.91 Å². The number of halogens is 2. The summed E-state index contributed by atoms with van der Waals surface area (Å²) < 4.78 is 0. The Balaban J connectivity index is 1.14. The topological polar surface area (TPSA) is 60.5 Å². The molecule has 1 saturated carbocycles. The summed E-state index contributed by atoms with van der Waals surface area (Å²) in [5.74, 6) is 2.59. The Morgan fingerprint density at radius 2 is 1.97 bits per heavy atom. The van der Waals surface area contributed by atoms with Crippen molar-refractivity contribution in [2.45, 2.75) is 44.2 Å². The SMILES string of the molecule is O=C1NC2CC(CN3CCN(c4ncc(Cl)cc4Cl)CC3)CCC2C2NCCCC12. The summed E-state index contributed by atoms with van der Waals surface area (Å²) in [6.07, 6.45) is 7.45. The third-order valence-corrected chi connectivity index (χ3v) is 8.10. The first-order valence-electron chi connectivity index (χ1n) is 11.4. The van der Waals surface area contributed by atoms with Gasteiger partial charge in [-0.3, -0.25) is 9.69 Å². The lowest BCUT2D eigenvalue weighted by Crippen LogP contribution is -2.64. The number of carbonyl (C=O) groups excluding carboxylic acids is 1. The van der Waals surface area contributed by atoms with Gasteiger partial charge in [-0.25, -0.2) is 4.98 Å². The zero-order chi connectivity index (χ0) is 20.7. The molecule has 0 aromatic carbocycles. The molecule has 0 radical (unpaired) electrons. The van der Waals surface area contributed by atoms with Crippen LogP contribution in [0.25, 0.3) is 0 Å². The Kier molecular flexibility index (Phi) is 6.11. The van der Waals surface area contributed by atoms with E-state index >= 15 is 0 Å². The summed E-state index contributed by atoms with van der Waals surface area (Å²) in [5, 5.41) is 8.25. The zero-order valence-electron chi connectivity index (χ0n) is 17.3. The van der Waals surface area contributed by atoms with Crippen molar-refractivity contribution in [1.29, 1.82) is 0 Å². The number of hydrogen-bond acceptors (Lipinski definition) is 5. The Morgan fingerprint density at radius 1 is 1.13 bits per heavy atom. The van der Waals surface area contributed by atoms with Crippen LogP contribution in [0.15, 0.2) is 12.3 Å². The van der Waals surface area contributed by atoms with E-state index in [1.807, 2.05) is 0 Å². The van der Waals surface area contributed by atoms with Crippen LogP contribution >= 0.6 is 23.2 Å². The summed E-state index contributed by atoms with van der Waals surface area (Å²) in [5.41, 5.74) is 0. The van der Waals surface area contributed by atoms with Crippen molar-refractivity contribution in [3.63, 3.8) is 0 Å². The Hall–Kier alpha value is -1.08. The molecule has 1 aliphatic carbocycles. The highest BCUT2D eigenvalue weighted by Crippen LogP contribution is 2.39. The maximum Gasteiger partial charge on any atom is 0.224 e. The van der Waals surface area contributed by atoms with Gasteiger partial charge in [-0.1, -0.05) is 23.2 Å². The molecule has 6 nitrogen and oxygen atoms in total. The molecule has 2 N–H and O–H groups in total. The van der Waals surface area contributed by atoms with E-state index in [1.54, 1.807) is 12.3 Å². The van der Waals surface area contributed by atoms with Crippen molar-refractivity contribution in [1.82, 2.24) is 20.5 Å². The number of piperidine rings is 2. The summed E-state index contributed by atoms with van der Waals surface area (Å²) in [6.45, 7) is 6.08. The van der Waals surface area contributed by atoms with Gasteiger partial charge in [0.1, 0.15) is 5.82 Å². The van der Waals surface area contributed by atoms with Crippen LogP contribution in [0.3, 0.4) is 0 Å². The van der Waals surface area contributed by atoms with Crippen LogP contribution in [-0.2, 0) is 4.79 Å². The highest BCUT2D eigenvalue weighted by molar-refractivity contribution is 6.36. The number of hydrogen-bond donors (Lipinski definition) is 2. The fourth-order valence-corrected chi connectivity index (χ4v) is 6.64. The number of pyridine rings is 1. The number of nitrogens with zero attached hydrogens (tertiary/aromatic N) is 3. The van der Waals surface area contributed by atoms with Gasteiger partial charge in [-0.05, 0) is 56.6 Å². The third-order valence-electron chi connectivity index (χ3n) is 7.62. The average molecular weight is 452 g/mol. The number of nitrogens with one attached hydrogen (secondary N) is 2. The Morgan fingerprint density at radius 3 is 2.77 bits per heavy atom. The van der Waals surface area contributed by atoms with Gasteiger partial charge in [0.05, 0.1) is 16.0 Å². The molecule has 3 saturated heterocycles. The zero-order valence-corrected chi connectivity index (χ0v) is 18.8. The molecule has 5 atom stereocenters. The molecule has 5 rings (SSSR count). The molecule has 4 aliphatic rings. The van der Waals surface area contributed by atoms with E-state index in [0.29, 0.717) is 34.0 Å². The molecule has 4 heterocycles. The predicted octanol–water partition coefficient (Wildman–Crippen LogP) is 2.79. The van der Waals surface area contributed by atoms with E-state index in [2.05, 4.69) is 25.4 Å². The fourth-order valence-electron chi connectivity index (χ4n) is 6.14. The molecular weight excluding hydrogens is 421 g/mol. The van der Waals surface area contributed by atoms with E-state index in [-0.39, 0.29) is 11.8 Å². The fraction of sp³-hybridized carbons (Fsp3) is 0.727. The van der Waals surface area contributed by atoms with Gasteiger partial charge >= 0.3 is 0 Å². The van der Waals surface area contributed by atoms with Crippen molar-refractivity contribution in [3.8, 4) is 0 Å². The quantitative estimate of drug-likeness (QED) is 0.739. The summed E-state index contributed by atoms with van der Waals surface area (Å²) in [7, 11) is 0. The third kappa shape index (κ3) is 4.16. The number of anilines is 1. The molecule has 3 aliphatic heterocycles. The molecule has 164 valence electrons. The lowest BCUT2D eigenvalue weighted by Gasteiger charge is -2.50. The molecule has 0 spiro atoms. The maximum absolute atomic E-state index is 12.6. The molecular formula is C22H31Cl2N5O. The lowest BCUT2D eigenvalue weighted by atomic mass is 9.67. The van der Waals surface area contributed by atoms with Gasteiger partial charge in [0.15, 0.2) is 0 Å². The lowest BCUT2D eigenvalue weighted by molar-refractivity contribution is -0.133. The van der Waals surface area contributed by atoms with Crippen LogP contribution in [0, 0.1) is 17.8 Å². The smallest absolute Gasteiger partial charge is 0.224 e. The van der Waals surface area contributed by atoms with E-state index < -0.39 is 0 Å². The van der Waals surface area contributed by atoms with Crippen LogP contribution in [0.4, 0.5) is 5.82 Å². The monoisotopic (exact) mass is 451 g/mol. The van der Waals surface area contributed by atoms with Crippen molar-refractivity contribution in [2.24, 2.45) is 17.8 Å². The van der Waals surface area contributed by atoms with E-state index in [4.69, 9.17) is 23.2 Å². The second kappa shape index (κ2) is 8.81. The first kappa shape index (κ1) is 20.8. The first-order chi connectivity index (χ1) is 14.6. The van der Waals surface area contributed by atoms with E-state index in [0.717, 1.165) is 64.3 Å². The maximum atomic E-state index is 12.6. The number of rotatable bonds is 3.